The maximum Gasteiger partial charge on any atom is 0.274 e. The van der Waals surface area contributed by atoms with Crippen molar-refractivity contribution >= 4 is 17.5 Å². The Morgan fingerprint density at radius 1 is 1.20 bits per heavy atom. The number of anilines is 2. The fraction of sp³-hybridized carbons (Fsp3) is 0.450. The number of aromatic nitrogens is 2. The summed E-state index contributed by atoms with van der Waals surface area (Å²) >= 11 is 0. The Hall–Kier alpha value is -2.43. The molecule has 0 spiro atoms. The second kappa shape index (κ2) is 8.60. The summed E-state index contributed by atoms with van der Waals surface area (Å²) in [6.07, 6.45) is 2.17. The molecule has 5 nitrogen and oxygen atoms in total. The smallest absolute Gasteiger partial charge is 0.274 e. The lowest BCUT2D eigenvalue weighted by molar-refractivity contribution is 0.102. The zero-order chi connectivity index (χ0) is 18.4. The van der Waals surface area contributed by atoms with Crippen molar-refractivity contribution in [1.29, 1.82) is 0 Å². The summed E-state index contributed by atoms with van der Waals surface area (Å²) in [4.78, 5) is 23.4. The molecule has 2 aromatic rings. The average molecular weight is 340 g/mol. The van der Waals surface area contributed by atoms with Crippen LogP contribution in [-0.4, -0.2) is 29.5 Å². The van der Waals surface area contributed by atoms with Crippen LogP contribution < -0.4 is 10.2 Å². The summed E-state index contributed by atoms with van der Waals surface area (Å²) in [5, 5.41) is 2.91. The number of unbranched alkanes of at least 4 members (excludes halogenated alkanes) is 1. The number of nitrogens with one attached hydrogen (secondary N) is 1. The minimum atomic E-state index is -0.215. The third-order valence-electron chi connectivity index (χ3n) is 4.10. The van der Waals surface area contributed by atoms with E-state index in [0.29, 0.717) is 17.6 Å². The van der Waals surface area contributed by atoms with Crippen LogP contribution >= 0.6 is 0 Å². The quantitative estimate of drug-likeness (QED) is 0.812. The number of carbonyl (C=O) groups is 1. The molecule has 0 aliphatic heterocycles. The lowest BCUT2D eigenvalue weighted by atomic mass is 10.0. The first-order valence-electron chi connectivity index (χ1n) is 8.88. The molecule has 2 rings (SSSR count). The van der Waals surface area contributed by atoms with Gasteiger partial charge in [-0.3, -0.25) is 4.79 Å². The number of hydrogen-bond acceptors (Lipinski definition) is 4. The molecule has 134 valence electrons. The number of amides is 1. The van der Waals surface area contributed by atoms with Crippen LogP contribution in [0.15, 0.2) is 30.3 Å². The molecule has 0 fully saturated rings. The summed E-state index contributed by atoms with van der Waals surface area (Å²) in [5.74, 6) is 0.845. The zero-order valence-electron chi connectivity index (χ0n) is 15.8. The first-order chi connectivity index (χ1) is 11.9. The summed E-state index contributed by atoms with van der Waals surface area (Å²) < 4.78 is 0. The molecule has 0 bridgehead atoms. The Morgan fingerprint density at radius 3 is 2.48 bits per heavy atom. The number of benzene rings is 1. The first kappa shape index (κ1) is 18.9. The number of aryl methyl sites for hydroxylation is 1. The number of rotatable bonds is 7. The third kappa shape index (κ3) is 5.28. The SMILES string of the molecule is CCCCN(C)c1nc(C)cc(C(=O)Nc2ccc(C(C)C)cc2)n1. The third-order valence-corrected chi connectivity index (χ3v) is 4.10. The number of hydrogen-bond donors (Lipinski definition) is 1. The molecule has 5 heteroatoms. The van der Waals surface area contributed by atoms with E-state index in [-0.39, 0.29) is 5.91 Å². The van der Waals surface area contributed by atoms with E-state index in [4.69, 9.17) is 0 Å². The highest BCUT2D eigenvalue weighted by molar-refractivity contribution is 6.03. The Kier molecular flexibility index (Phi) is 6.51. The number of nitrogens with zero attached hydrogens (tertiary/aromatic N) is 3. The van der Waals surface area contributed by atoms with Crippen LogP contribution in [0.5, 0.6) is 0 Å². The largest absolute Gasteiger partial charge is 0.344 e. The summed E-state index contributed by atoms with van der Waals surface area (Å²) in [7, 11) is 1.96. The van der Waals surface area contributed by atoms with Gasteiger partial charge in [-0.15, -0.1) is 0 Å². The van der Waals surface area contributed by atoms with E-state index in [9.17, 15) is 4.79 Å². The van der Waals surface area contributed by atoms with E-state index < -0.39 is 0 Å². The standard InChI is InChI=1S/C20H28N4O/c1-6-7-12-24(5)20-21-15(4)13-18(23-20)19(25)22-17-10-8-16(9-11-17)14(2)3/h8-11,13-14H,6-7,12H2,1-5H3,(H,22,25). The molecule has 1 aromatic carbocycles. The van der Waals surface area contributed by atoms with Gasteiger partial charge in [0.05, 0.1) is 0 Å². The maximum absolute atomic E-state index is 12.6. The molecule has 1 heterocycles. The minimum Gasteiger partial charge on any atom is -0.344 e. The molecule has 1 amide bonds. The molecule has 25 heavy (non-hydrogen) atoms. The van der Waals surface area contributed by atoms with Crippen LogP contribution in [0.25, 0.3) is 0 Å². The molecule has 0 radical (unpaired) electrons. The van der Waals surface area contributed by atoms with Crippen LogP contribution in [0.2, 0.25) is 0 Å². The van der Waals surface area contributed by atoms with Gasteiger partial charge in [0.25, 0.3) is 5.91 Å². The van der Waals surface area contributed by atoms with Gasteiger partial charge < -0.3 is 10.2 Å². The molecule has 1 aromatic heterocycles. The van der Waals surface area contributed by atoms with Gasteiger partial charge in [0, 0.05) is 25.0 Å². The van der Waals surface area contributed by atoms with E-state index in [2.05, 4.69) is 36.1 Å². The molecular formula is C20H28N4O. The molecular weight excluding hydrogens is 312 g/mol. The van der Waals surface area contributed by atoms with Crippen LogP contribution in [0.4, 0.5) is 11.6 Å². The Morgan fingerprint density at radius 2 is 1.88 bits per heavy atom. The van der Waals surface area contributed by atoms with Gasteiger partial charge in [0.1, 0.15) is 5.69 Å². The van der Waals surface area contributed by atoms with Gasteiger partial charge in [-0.25, -0.2) is 9.97 Å². The van der Waals surface area contributed by atoms with Crippen molar-refractivity contribution in [1.82, 2.24) is 9.97 Å². The van der Waals surface area contributed by atoms with Crippen molar-refractivity contribution in [3.05, 3.63) is 47.3 Å². The van der Waals surface area contributed by atoms with Crippen LogP contribution in [0.1, 0.15) is 61.3 Å². The minimum absolute atomic E-state index is 0.215. The molecule has 0 saturated heterocycles. The Labute approximate surface area is 150 Å². The van der Waals surface area contributed by atoms with Crippen molar-refractivity contribution in [2.75, 3.05) is 23.8 Å². The zero-order valence-corrected chi connectivity index (χ0v) is 15.8. The highest BCUT2D eigenvalue weighted by Crippen LogP contribution is 2.18. The maximum atomic E-state index is 12.6. The molecule has 0 unspecified atom stereocenters. The van der Waals surface area contributed by atoms with E-state index >= 15 is 0 Å². The second-order valence-electron chi connectivity index (χ2n) is 6.70. The van der Waals surface area contributed by atoms with Crippen molar-refractivity contribution < 1.29 is 4.79 Å². The van der Waals surface area contributed by atoms with E-state index in [1.807, 2.05) is 43.1 Å². The van der Waals surface area contributed by atoms with Crippen molar-refractivity contribution in [3.8, 4) is 0 Å². The van der Waals surface area contributed by atoms with Crippen LogP contribution in [0.3, 0.4) is 0 Å². The predicted molar refractivity (Wildman–Crippen MR) is 103 cm³/mol. The van der Waals surface area contributed by atoms with Gasteiger partial charge in [-0.05, 0) is 43.0 Å². The normalized spacial score (nSPS) is 10.8. The first-order valence-corrected chi connectivity index (χ1v) is 8.88. The van der Waals surface area contributed by atoms with Gasteiger partial charge in [0.2, 0.25) is 5.95 Å². The van der Waals surface area contributed by atoms with E-state index in [1.54, 1.807) is 6.07 Å². The van der Waals surface area contributed by atoms with Crippen molar-refractivity contribution in [2.24, 2.45) is 0 Å². The lowest BCUT2D eigenvalue weighted by Crippen LogP contribution is -2.23. The van der Waals surface area contributed by atoms with Crippen molar-refractivity contribution in [2.45, 2.75) is 46.5 Å². The summed E-state index contributed by atoms with van der Waals surface area (Å²) in [6.45, 7) is 9.20. The number of carbonyl (C=O) groups excluding carboxylic acids is 1. The molecule has 0 aliphatic carbocycles. The summed E-state index contributed by atoms with van der Waals surface area (Å²) in [5.41, 5.74) is 3.19. The molecule has 0 atom stereocenters. The highest BCUT2D eigenvalue weighted by Gasteiger charge is 2.13. The van der Waals surface area contributed by atoms with E-state index in [0.717, 1.165) is 30.8 Å². The van der Waals surface area contributed by atoms with Crippen LogP contribution in [-0.2, 0) is 0 Å². The molecule has 1 N–H and O–H groups in total. The lowest BCUT2D eigenvalue weighted by Gasteiger charge is -2.17. The molecule has 0 aliphatic rings. The van der Waals surface area contributed by atoms with Gasteiger partial charge in [-0.2, -0.15) is 0 Å². The second-order valence-corrected chi connectivity index (χ2v) is 6.70. The fourth-order valence-corrected chi connectivity index (χ4v) is 2.48. The van der Waals surface area contributed by atoms with Gasteiger partial charge >= 0.3 is 0 Å². The van der Waals surface area contributed by atoms with Crippen LogP contribution in [0, 0.1) is 6.92 Å². The summed E-state index contributed by atoms with van der Waals surface area (Å²) in [6, 6.07) is 9.64. The van der Waals surface area contributed by atoms with Gasteiger partial charge in [-0.1, -0.05) is 39.3 Å². The predicted octanol–water partition coefficient (Wildman–Crippen LogP) is 4.40. The average Bonchev–Trinajstić information content (AvgIpc) is 2.59. The Bertz CT molecular complexity index is 710. The van der Waals surface area contributed by atoms with Crippen molar-refractivity contribution in [3.63, 3.8) is 0 Å². The van der Waals surface area contributed by atoms with E-state index in [1.165, 1.54) is 5.56 Å². The van der Waals surface area contributed by atoms with Gasteiger partial charge in [0.15, 0.2) is 0 Å². The fourth-order valence-electron chi connectivity index (χ4n) is 2.48. The topological polar surface area (TPSA) is 58.1 Å². The molecule has 0 saturated carbocycles. The Balaban J connectivity index is 2.14. The highest BCUT2D eigenvalue weighted by atomic mass is 16.1. The monoisotopic (exact) mass is 340 g/mol.